The van der Waals surface area contributed by atoms with E-state index in [9.17, 15) is 9.90 Å². The molecule has 1 atom stereocenters. The third-order valence-corrected chi connectivity index (χ3v) is 4.76. The van der Waals surface area contributed by atoms with Gasteiger partial charge in [0, 0.05) is 38.6 Å². The smallest absolute Gasteiger partial charge is 0.244 e. The number of amides is 1. The van der Waals surface area contributed by atoms with E-state index in [4.69, 9.17) is 4.74 Å². The topological polar surface area (TPSA) is 65.9 Å². The molecule has 6 nitrogen and oxygen atoms in total. The van der Waals surface area contributed by atoms with E-state index in [1.807, 2.05) is 54.6 Å². The molecule has 1 saturated heterocycles. The lowest BCUT2D eigenvalue weighted by Crippen LogP contribution is -2.48. The number of morpholine rings is 1. The molecule has 0 radical (unpaired) electrons. The highest BCUT2D eigenvalue weighted by Crippen LogP contribution is 2.24. The Morgan fingerprint density at radius 2 is 2.00 bits per heavy atom. The van der Waals surface area contributed by atoms with Gasteiger partial charge in [-0.05, 0) is 17.2 Å². The number of aliphatic hydroxyl groups is 1. The van der Waals surface area contributed by atoms with Gasteiger partial charge in [-0.15, -0.1) is 0 Å². The summed E-state index contributed by atoms with van der Waals surface area (Å²) in [5.74, 6) is -0.0262. The average Bonchev–Trinajstić information content (AvgIpc) is 2.75. The third-order valence-electron chi connectivity index (χ3n) is 4.76. The highest BCUT2D eigenvalue weighted by Gasteiger charge is 2.32. The zero-order valence-corrected chi connectivity index (χ0v) is 16.0. The summed E-state index contributed by atoms with van der Waals surface area (Å²) < 4.78 is 5.45. The van der Waals surface area contributed by atoms with Gasteiger partial charge in [-0.3, -0.25) is 14.7 Å². The highest BCUT2D eigenvalue weighted by atomic mass is 16.5. The molecule has 1 fully saturated rings. The van der Waals surface area contributed by atoms with Crippen LogP contribution in [0, 0.1) is 0 Å². The second-order valence-corrected chi connectivity index (χ2v) is 6.66. The molecule has 2 heterocycles. The van der Waals surface area contributed by atoms with Crippen molar-refractivity contribution >= 4 is 12.0 Å². The Kier molecular flexibility index (Phi) is 7.72. The van der Waals surface area contributed by atoms with Crippen LogP contribution in [0.5, 0.6) is 0 Å². The molecule has 1 aliphatic rings. The van der Waals surface area contributed by atoms with Gasteiger partial charge in [-0.25, -0.2) is 0 Å². The summed E-state index contributed by atoms with van der Waals surface area (Å²) in [4.78, 5) is 21.5. The van der Waals surface area contributed by atoms with Crippen LogP contribution in [0.3, 0.4) is 0 Å². The third kappa shape index (κ3) is 5.48. The first-order valence-electron chi connectivity index (χ1n) is 9.62. The van der Waals surface area contributed by atoms with Crippen molar-refractivity contribution < 1.29 is 14.6 Å². The van der Waals surface area contributed by atoms with Crippen molar-refractivity contribution in [3.8, 4) is 0 Å². The number of carbonyl (C=O) groups excluding carboxylic acids is 1. The second kappa shape index (κ2) is 10.7. The minimum Gasteiger partial charge on any atom is -0.395 e. The Morgan fingerprint density at radius 1 is 1.21 bits per heavy atom. The van der Waals surface area contributed by atoms with Crippen LogP contribution in [-0.4, -0.2) is 71.8 Å². The number of rotatable bonds is 8. The molecule has 1 aliphatic heterocycles. The van der Waals surface area contributed by atoms with Crippen LogP contribution >= 0.6 is 0 Å². The number of aliphatic hydroxyl groups excluding tert-OH is 1. The van der Waals surface area contributed by atoms with Crippen LogP contribution in [0.2, 0.25) is 0 Å². The maximum Gasteiger partial charge on any atom is 0.244 e. The van der Waals surface area contributed by atoms with E-state index in [0.717, 1.165) is 11.1 Å². The number of hydrogen-bond acceptors (Lipinski definition) is 5. The number of benzene rings is 1. The number of pyridine rings is 1. The molecular weight excluding hydrogens is 354 g/mol. The summed E-state index contributed by atoms with van der Waals surface area (Å²) in [5.41, 5.74) is 1.94. The van der Waals surface area contributed by atoms with E-state index in [1.54, 1.807) is 17.3 Å². The van der Waals surface area contributed by atoms with E-state index in [2.05, 4.69) is 9.88 Å². The predicted molar refractivity (Wildman–Crippen MR) is 109 cm³/mol. The number of carbonyl (C=O) groups is 1. The zero-order chi connectivity index (χ0) is 19.6. The van der Waals surface area contributed by atoms with Crippen molar-refractivity contribution in [2.75, 3.05) is 46.0 Å². The van der Waals surface area contributed by atoms with Gasteiger partial charge in [-0.1, -0.05) is 48.6 Å². The van der Waals surface area contributed by atoms with Crippen molar-refractivity contribution in [3.05, 3.63) is 72.1 Å². The van der Waals surface area contributed by atoms with Crippen LogP contribution in [0.25, 0.3) is 6.08 Å². The van der Waals surface area contributed by atoms with Crippen LogP contribution in [0.1, 0.15) is 17.2 Å². The summed E-state index contributed by atoms with van der Waals surface area (Å²) in [5, 5.41) is 9.50. The molecule has 6 heteroatoms. The van der Waals surface area contributed by atoms with E-state index in [1.165, 1.54) is 0 Å². The Balaban J connectivity index is 1.78. The standard InChI is InChI=1S/C22H27N3O3/c26-15-12-25(11-5-8-19-6-2-1-3-7-19)22(27)21(20-9-4-10-23-18-20)24-13-16-28-17-14-24/h1-10,18,21,26H,11-17H2/b8-5+/t21-/m1/s1. The average molecular weight is 381 g/mol. The highest BCUT2D eigenvalue weighted by molar-refractivity contribution is 5.83. The molecule has 0 saturated carbocycles. The molecule has 1 aromatic carbocycles. The van der Waals surface area contributed by atoms with Crippen molar-refractivity contribution in [2.45, 2.75) is 6.04 Å². The van der Waals surface area contributed by atoms with Crippen LogP contribution in [0.4, 0.5) is 0 Å². The minimum absolute atomic E-state index is 0.0262. The quantitative estimate of drug-likeness (QED) is 0.758. The fourth-order valence-corrected chi connectivity index (χ4v) is 3.35. The first-order chi connectivity index (χ1) is 13.8. The van der Waals surface area contributed by atoms with E-state index in [0.29, 0.717) is 39.4 Å². The van der Waals surface area contributed by atoms with Crippen LogP contribution < -0.4 is 0 Å². The van der Waals surface area contributed by atoms with Crippen molar-refractivity contribution in [3.63, 3.8) is 0 Å². The summed E-state index contributed by atoms with van der Waals surface area (Å²) in [6.07, 6.45) is 7.40. The largest absolute Gasteiger partial charge is 0.395 e. The summed E-state index contributed by atoms with van der Waals surface area (Å²) in [6.45, 7) is 3.26. The normalized spacial score (nSPS) is 16.2. The number of hydrogen-bond donors (Lipinski definition) is 1. The summed E-state index contributed by atoms with van der Waals surface area (Å²) >= 11 is 0. The van der Waals surface area contributed by atoms with Crippen molar-refractivity contribution in [1.29, 1.82) is 0 Å². The number of nitrogens with zero attached hydrogens (tertiary/aromatic N) is 3. The molecule has 3 rings (SSSR count). The Hall–Kier alpha value is -2.54. The molecule has 148 valence electrons. The number of aromatic nitrogens is 1. The van der Waals surface area contributed by atoms with Gasteiger partial charge in [0.2, 0.25) is 5.91 Å². The molecule has 28 heavy (non-hydrogen) atoms. The molecule has 0 spiro atoms. The van der Waals surface area contributed by atoms with Gasteiger partial charge in [-0.2, -0.15) is 0 Å². The van der Waals surface area contributed by atoms with Gasteiger partial charge in [0.1, 0.15) is 6.04 Å². The van der Waals surface area contributed by atoms with Crippen molar-refractivity contribution in [2.24, 2.45) is 0 Å². The molecule has 0 unspecified atom stereocenters. The van der Waals surface area contributed by atoms with Gasteiger partial charge in [0.15, 0.2) is 0 Å². The number of ether oxygens (including phenoxy) is 1. The lowest BCUT2D eigenvalue weighted by molar-refractivity contribution is -0.139. The van der Waals surface area contributed by atoms with Crippen LogP contribution in [-0.2, 0) is 9.53 Å². The first-order valence-corrected chi connectivity index (χ1v) is 9.62. The van der Waals surface area contributed by atoms with E-state index < -0.39 is 6.04 Å². The Labute approximate surface area is 166 Å². The van der Waals surface area contributed by atoms with E-state index >= 15 is 0 Å². The summed E-state index contributed by atoms with van der Waals surface area (Å²) in [6, 6.07) is 13.3. The molecule has 1 N–H and O–H groups in total. The van der Waals surface area contributed by atoms with Crippen LogP contribution in [0.15, 0.2) is 60.9 Å². The molecule has 2 aromatic rings. The molecular formula is C22H27N3O3. The van der Waals surface area contributed by atoms with Gasteiger partial charge in [0.25, 0.3) is 0 Å². The zero-order valence-electron chi connectivity index (χ0n) is 16.0. The Bertz CT molecular complexity index is 746. The SMILES string of the molecule is O=C([C@@H](c1cccnc1)N1CCOCC1)N(C/C=C/c1ccccc1)CCO. The lowest BCUT2D eigenvalue weighted by atomic mass is 10.0. The molecule has 0 bridgehead atoms. The lowest BCUT2D eigenvalue weighted by Gasteiger charge is -2.36. The second-order valence-electron chi connectivity index (χ2n) is 6.66. The monoisotopic (exact) mass is 381 g/mol. The van der Waals surface area contributed by atoms with Crippen molar-refractivity contribution in [1.82, 2.24) is 14.8 Å². The fraction of sp³-hybridized carbons (Fsp3) is 0.364. The Morgan fingerprint density at radius 3 is 2.68 bits per heavy atom. The molecule has 1 amide bonds. The van der Waals surface area contributed by atoms with Gasteiger partial charge in [0.05, 0.1) is 19.8 Å². The maximum atomic E-state index is 13.4. The van der Waals surface area contributed by atoms with Gasteiger partial charge >= 0.3 is 0 Å². The summed E-state index contributed by atoms with van der Waals surface area (Å²) in [7, 11) is 0. The predicted octanol–water partition coefficient (Wildman–Crippen LogP) is 1.99. The van der Waals surface area contributed by atoms with E-state index in [-0.39, 0.29) is 12.5 Å². The molecule has 1 aromatic heterocycles. The van der Waals surface area contributed by atoms with Gasteiger partial charge < -0.3 is 14.7 Å². The minimum atomic E-state index is -0.422. The first kappa shape index (κ1) is 20.2. The molecule has 0 aliphatic carbocycles. The fourth-order valence-electron chi connectivity index (χ4n) is 3.35. The maximum absolute atomic E-state index is 13.4.